The molecule has 0 aliphatic rings. The molecular formula is C44H61NO4Si. The van der Waals surface area contributed by atoms with Gasteiger partial charge in [0.2, 0.25) is 5.91 Å². The highest BCUT2D eigenvalue weighted by Crippen LogP contribution is 2.37. The van der Waals surface area contributed by atoms with Crippen LogP contribution >= 0.6 is 0 Å². The Labute approximate surface area is 303 Å². The van der Waals surface area contributed by atoms with Crippen molar-refractivity contribution in [2.24, 2.45) is 17.8 Å². The van der Waals surface area contributed by atoms with Gasteiger partial charge in [-0.2, -0.15) is 0 Å². The van der Waals surface area contributed by atoms with E-state index in [4.69, 9.17) is 9.16 Å². The van der Waals surface area contributed by atoms with Gasteiger partial charge in [0.15, 0.2) is 0 Å². The number of carbonyl (C=O) groups excluding carboxylic acids is 2. The van der Waals surface area contributed by atoms with Gasteiger partial charge in [0, 0.05) is 26.0 Å². The largest absolute Gasteiger partial charge is 0.461 e. The highest BCUT2D eigenvalue weighted by atomic mass is 28.4. The lowest BCUT2D eigenvalue weighted by Gasteiger charge is -2.43. The second-order valence-corrected chi connectivity index (χ2v) is 19.3. The van der Waals surface area contributed by atoms with Crippen molar-refractivity contribution in [3.63, 3.8) is 0 Å². The number of carbonyl (C=O) groups is 2. The molecule has 0 radical (unpaired) electrons. The number of amides is 1. The van der Waals surface area contributed by atoms with Crippen LogP contribution in [0.1, 0.15) is 79.2 Å². The summed E-state index contributed by atoms with van der Waals surface area (Å²) in [5.41, 5.74) is 0.983. The minimum absolute atomic E-state index is 0.0629. The standard InChI is InChI=1S/C44H61NO4Si/c1-10-34(3)29-30-38(24-21-31-48-50(44(6,7)8,39-25-17-13-18-26-39)40-27-19-14-20-28-40)49-43(47)41(33-37-22-15-12-16-23-37)45(9)42(46)36(5)32-35(4)11-2/h10-20,22-23,25-28,34-36,38,41H,1-2,21,24,29-33H2,3-9H3/t34-,35-,36-,38+,41+/m1/s1. The first-order valence-electron chi connectivity index (χ1n) is 18.3. The zero-order valence-electron chi connectivity index (χ0n) is 31.6. The van der Waals surface area contributed by atoms with Crippen molar-refractivity contribution in [1.29, 1.82) is 0 Å². The fraction of sp³-hybridized carbons (Fsp3) is 0.455. The second kappa shape index (κ2) is 19.6. The second-order valence-electron chi connectivity index (χ2n) is 15.0. The summed E-state index contributed by atoms with van der Waals surface area (Å²) in [6.45, 7) is 21.4. The lowest BCUT2D eigenvalue weighted by atomic mass is 9.95. The molecule has 5 nitrogen and oxygen atoms in total. The zero-order chi connectivity index (χ0) is 36.7. The van der Waals surface area contributed by atoms with Gasteiger partial charge in [0.25, 0.3) is 8.32 Å². The van der Waals surface area contributed by atoms with Crippen LogP contribution < -0.4 is 10.4 Å². The summed E-state index contributed by atoms with van der Waals surface area (Å²) in [4.78, 5) is 29.4. The van der Waals surface area contributed by atoms with Crippen molar-refractivity contribution in [1.82, 2.24) is 4.90 Å². The maximum absolute atomic E-state index is 14.1. The Morgan fingerprint density at radius 1 is 0.780 bits per heavy atom. The fourth-order valence-electron chi connectivity index (χ4n) is 6.84. The molecule has 1 amide bonds. The molecule has 0 heterocycles. The van der Waals surface area contributed by atoms with Crippen LogP contribution in [-0.2, 0) is 25.2 Å². The molecule has 3 aromatic carbocycles. The predicted molar refractivity (Wildman–Crippen MR) is 211 cm³/mol. The summed E-state index contributed by atoms with van der Waals surface area (Å²) in [5.74, 6) is -0.183. The average Bonchev–Trinajstić information content (AvgIpc) is 3.12. The molecule has 0 saturated carbocycles. The maximum Gasteiger partial charge on any atom is 0.329 e. The van der Waals surface area contributed by atoms with E-state index in [1.165, 1.54) is 10.4 Å². The molecule has 0 aliphatic heterocycles. The molecule has 0 spiro atoms. The van der Waals surface area contributed by atoms with E-state index < -0.39 is 14.4 Å². The predicted octanol–water partition coefficient (Wildman–Crippen LogP) is 8.78. The normalized spacial score (nSPS) is 14.9. The first-order chi connectivity index (χ1) is 23.8. The van der Waals surface area contributed by atoms with Crippen LogP contribution in [0.15, 0.2) is 116 Å². The quantitative estimate of drug-likeness (QED) is 0.0514. The van der Waals surface area contributed by atoms with Crippen LogP contribution in [0.3, 0.4) is 0 Å². The minimum Gasteiger partial charge on any atom is -0.461 e. The summed E-state index contributed by atoms with van der Waals surface area (Å²) < 4.78 is 13.5. The Morgan fingerprint density at radius 3 is 1.80 bits per heavy atom. The van der Waals surface area contributed by atoms with Crippen molar-refractivity contribution in [3.8, 4) is 0 Å². The summed E-state index contributed by atoms with van der Waals surface area (Å²) in [6, 6.07) is 30.4. The average molecular weight is 696 g/mol. The number of nitrogens with zero attached hydrogens (tertiary/aromatic N) is 1. The molecule has 0 aliphatic carbocycles. The molecule has 50 heavy (non-hydrogen) atoms. The van der Waals surface area contributed by atoms with Gasteiger partial charge in [0.05, 0.1) is 0 Å². The van der Waals surface area contributed by atoms with Gasteiger partial charge in [-0.05, 0) is 64.9 Å². The van der Waals surface area contributed by atoms with Crippen LogP contribution in [0.25, 0.3) is 0 Å². The molecule has 3 rings (SSSR count). The number of hydrogen-bond acceptors (Lipinski definition) is 4. The summed E-state index contributed by atoms with van der Waals surface area (Å²) in [7, 11) is -0.946. The number of benzene rings is 3. The van der Waals surface area contributed by atoms with E-state index in [1.807, 2.05) is 49.4 Å². The Bertz CT molecular complexity index is 1430. The third-order valence-corrected chi connectivity index (χ3v) is 15.0. The number of likely N-dealkylation sites (N-methyl/N-ethyl adjacent to an activating group) is 1. The first-order valence-corrected chi connectivity index (χ1v) is 20.3. The monoisotopic (exact) mass is 695 g/mol. The third kappa shape index (κ3) is 11.1. The topological polar surface area (TPSA) is 55.8 Å². The zero-order valence-corrected chi connectivity index (χ0v) is 32.6. The van der Waals surface area contributed by atoms with Gasteiger partial charge in [-0.1, -0.05) is 145 Å². The van der Waals surface area contributed by atoms with Gasteiger partial charge in [-0.3, -0.25) is 4.79 Å². The lowest BCUT2D eigenvalue weighted by molar-refractivity contribution is -0.160. The van der Waals surface area contributed by atoms with Crippen LogP contribution in [0, 0.1) is 17.8 Å². The molecule has 0 aromatic heterocycles. The molecule has 0 unspecified atom stereocenters. The smallest absolute Gasteiger partial charge is 0.329 e. The van der Waals surface area contributed by atoms with Gasteiger partial charge in [0.1, 0.15) is 12.1 Å². The molecule has 270 valence electrons. The van der Waals surface area contributed by atoms with Gasteiger partial charge in [-0.25, -0.2) is 4.79 Å². The molecule has 0 N–H and O–H groups in total. The Morgan fingerprint density at radius 2 is 1.30 bits per heavy atom. The van der Waals surface area contributed by atoms with Crippen LogP contribution in [-0.4, -0.2) is 50.9 Å². The maximum atomic E-state index is 14.1. The van der Waals surface area contributed by atoms with Crippen LogP contribution in [0.5, 0.6) is 0 Å². The van der Waals surface area contributed by atoms with Crippen LogP contribution in [0.4, 0.5) is 0 Å². The lowest BCUT2D eigenvalue weighted by Crippen LogP contribution is -2.66. The van der Waals surface area contributed by atoms with Crippen molar-refractivity contribution in [3.05, 3.63) is 122 Å². The van der Waals surface area contributed by atoms with E-state index in [0.717, 1.165) is 18.4 Å². The summed E-state index contributed by atoms with van der Waals surface area (Å²) >= 11 is 0. The molecule has 6 heteroatoms. The molecule has 5 atom stereocenters. The van der Waals surface area contributed by atoms with E-state index in [2.05, 4.69) is 108 Å². The minimum atomic E-state index is -2.68. The number of hydrogen-bond donors (Lipinski definition) is 0. The summed E-state index contributed by atoms with van der Waals surface area (Å²) in [6.07, 6.45) is 7.52. The molecule has 0 saturated heterocycles. The fourth-order valence-corrected chi connectivity index (χ4v) is 11.4. The number of allylic oxidation sites excluding steroid dienone is 2. The van der Waals surface area contributed by atoms with E-state index in [9.17, 15) is 9.59 Å². The van der Waals surface area contributed by atoms with E-state index >= 15 is 0 Å². The van der Waals surface area contributed by atoms with Crippen molar-refractivity contribution < 1.29 is 18.8 Å². The number of ether oxygens (including phenoxy) is 1. The van der Waals surface area contributed by atoms with Gasteiger partial charge >= 0.3 is 5.97 Å². The van der Waals surface area contributed by atoms with E-state index in [1.54, 1.807) is 11.9 Å². The molecule has 3 aromatic rings. The van der Waals surface area contributed by atoms with Crippen molar-refractivity contribution in [2.45, 2.75) is 97.3 Å². The van der Waals surface area contributed by atoms with Crippen molar-refractivity contribution in [2.75, 3.05) is 13.7 Å². The Balaban J connectivity index is 1.84. The first kappa shape index (κ1) is 40.7. The van der Waals surface area contributed by atoms with Gasteiger partial charge < -0.3 is 14.1 Å². The van der Waals surface area contributed by atoms with Crippen molar-refractivity contribution >= 4 is 30.6 Å². The molecule has 0 bridgehead atoms. The SMILES string of the molecule is C=C[C@@H](C)CC[C@H](CCCO[Si](c1ccccc1)(c1ccccc1)C(C)(C)C)OC(=O)[C@H](Cc1ccccc1)N(C)C(=O)[C@H](C)C[C@H](C)C=C. The highest BCUT2D eigenvalue weighted by Gasteiger charge is 2.50. The number of esters is 1. The summed E-state index contributed by atoms with van der Waals surface area (Å²) in [5, 5.41) is 2.37. The third-order valence-electron chi connectivity index (χ3n) is 9.94. The molecule has 0 fully saturated rings. The molecular weight excluding hydrogens is 635 g/mol. The van der Waals surface area contributed by atoms with E-state index in [-0.39, 0.29) is 34.9 Å². The van der Waals surface area contributed by atoms with Gasteiger partial charge in [-0.15, -0.1) is 13.2 Å². The number of rotatable bonds is 20. The van der Waals surface area contributed by atoms with Crippen LogP contribution in [0.2, 0.25) is 5.04 Å². The Hall–Kier alpha value is -3.74. The van der Waals surface area contributed by atoms with E-state index in [0.29, 0.717) is 38.2 Å². The Kier molecular flexibility index (Phi) is 15.9. The highest BCUT2D eigenvalue weighted by molar-refractivity contribution is 6.99.